The van der Waals surface area contributed by atoms with Gasteiger partial charge in [0.25, 0.3) is 0 Å². The average Bonchev–Trinajstić information content (AvgIpc) is 3.23. The second-order valence-electron chi connectivity index (χ2n) is 7.60. The fraction of sp³-hybridized carbons (Fsp3) is 0.429. The third-order valence-corrected chi connectivity index (χ3v) is 6.81. The summed E-state index contributed by atoms with van der Waals surface area (Å²) < 4.78 is 12.3. The third kappa shape index (κ3) is 1.34. The molecule has 0 radical (unpaired) electrons. The molecule has 1 spiro atoms. The lowest BCUT2D eigenvalue weighted by Gasteiger charge is -2.57. The second kappa shape index (κ2) is 4.29. The predicted molar refractivity (Wildman–Crippen MR) is 88.7 cm³/mol. The number of benzene rings is 2. The maximum absolute atomic E-state index is 11.8. The maximum Gasteiger partial charge on any atom is 0.172 e. The largest absolute Gasteiger partial charge is 0.380 e. The summed E-state index contributed by atoms with van der Waals surface area (Å²) in [4.78, 5) is 0. The summed E-state index contributed by atoms with van der Waals surface area (Å²) in [5.41, 5.74) is 3.80. The van der Waals surface area contributed by atoms with Crippen molar-refractivity contribution in [3.05, 3.63) is 70.8 Å². The van der Waals surface area contributed by atoms with Crippen LogP contribution in [0, 0.1) is 5.92 Å². The van der Waals surface area contributed by atoms with Crippen molar-refractivity contribution in [1.82, 2.24) is 0 Å². The molecule has 2 aromatic rings. The van der Waals surface area contributed by atoms with E-state index in [0.717, 1.165) is 24.0 Å². The van der Waals surface area contributed by atoms with Crippen LogP contribution in [0.4, 0.5) is 0 Å². The van der Waals surface area contributed by atoms with Crippen LogP contribution in [0.1, 0.15) is 46.9 Å². The van der Waals surface area contributed by atoms with Gasteiger partial charge in [0.2, 0.25) is 0 Å². The van der Waals surface area contributed by atoms with Crippen LogP contribution in [0.5, 0.6) is 0 Å². The summed E-state index contributed by atoms with van der Waals surface area (Å²) in [6.07, 6.45) is 1.99. The quantitative estimate of drug-likeness (QED) is 0.810. The molecule has 24 heavy (non-hydrogen) atoms. The zero-order chi connectivity index (χ0) is 15.9. The Bertz CT molecular complexity index is 838. The van der Waals surface area contributed by atoms with Crippen molar-refractivity contribution < 1.29 is 14.6 Å². The molecular weight excluding hydrogens is 300 g/mol. The molecule has 0 bridgehead atoms. The maximum atomic E-state index is 11.8. The van der Waals surface area contributed by atoms with Crippen LogP contribution in [0.25, 0.3) is 0 Å². The van der Waals surface area contributed by atoms with Crippen molar-refractivity contribution in [3.63, 3.8) is 0 Å². The molecule has 122 valence electrons. The van der Waals surface area contributed by atoms with E-state index in [9.17, 15) is 5.11 Å². The number of aliphatic hydroxyl groups is 1. The number of rotatable bonds is 0. The van der Waals surface area contributed by atoms with Crippen molar-refractivity contribution in [1.29, 1.82) is 0 Å². The van der Waals surface area contributed by atoms with Gasteiger partial charge in [-0.2, -0.15) is 0 Å². The summed E-state index contributed by atoms with van der Waals surface area (Å²) in [6, 6.07) is 16.8. The third-order valence-electron chi connectivity index (χ3n) is 6.81. The van der Waals surface area contributed by atoms with Crippen molar-refractivity contribution in [2.45, 2.75) is 36.1 Å². The Morgan fingerprint density at radius 3 is 2.25 bits per heavy atom. The smallest absolute Gasteiger partial charge is 0.172 e. The van der Waals surface area contributed by atoms with E-state index in [1.54, 1.807) is 0 Å². The van der Waals surface area contributed by atoms with Gasteiger partial charge in [-0.3, -0.25) is 0 Å². The molecule has 1 heterocycles. The number of ether oxygens (including phenoxy) is 2. The molecule has 1 aliphatic heterocycles. The van der Waals surface area contributed by atoms with Crippen molar-refractivity contribution in [2.24, 2.45) is 5.92 Å². The summed E-state index contributed by atoms with van der Waals surface area (Å²) in [5.74, 6) is 0.145. The van der Waals surface area contributed by atoms with Gasteiger partial charge in [-0.1, -0.05) is 48.5 Å². The Labute approximate surface area is 141 Å². The molecule has 4 aliphatic rings. The van der Waals surface area contributed by atoms with Gasteiger partial charge in [0.1, 0.15) is 5.60 Å². The van der Waals surface area contributed by atoms with Crippen LogP contribution in [0.15, 0.2) is 48.5 Å². The molecular formula is C21H20O3. The lowest BCUT2D eigenvalue weighted by molar-refractivity contribution is -0.207. The molecule has 0 aromatic heterocycles. The van der Waals surface area contributed by atoms with Crippen molar-refractivity contribution in [3.8, 4) is 0 Å². The normalized spacial score (nSPS) is 37.3. The van der Waals surface area contributed by atoms with Crippen LogP contribution in [0.2, 0.25) is 0 Å². The molecule has 3 aliphatic carbocycles. The van der Waals surface area contributed by atoms with E-state index in [4.69, 9.17) is 9.47 Å². The zero-order valence-corrected chi connectivity index (χ0v) is 13.4. The molecule has 0 amide bonds. The lowest BCUT2D eigenvalue weighted by Crippen LogP contribution is -2.57. The molecule has 1 saturated heterocycles. The number of hydrogen-bond acceptors (Lipinski definition) is 3. The van der Waals surface area contributed by atoms with E-state index in [2.05, 4.69) is 36.4 Å². The molecule has 2 aromatic carbocycles. The van der Waals surface area contributed by atoms with Crippen LogP contribution >= 0.6 is 0 Å². The van der Waals surface area contributed by atoms with Gasteiger partial charge in [-0.15, -0.1) is 0 Å². The van der Waals surface area contributed by atoms with Gasteiger partial charge in [-0.25, -0.2) is 0 Å². The van der Waals surface area contributed by atoms with E-state index in [0.29, 0.717) is 19.1 Å². The second-order valence-corrected chi connectivity index (χ2v) is 7.60. The molecule has 6 rings (SSSR count). The van der Waals surface area contributed by atoms with E-state index in [-0.39, 0.29) is 11.8 Å². The fourth-order valence-corrected chi connectivity index (χ4v) is 6.02. The first kappa shape index (κ1) is 13.6. The fourth-order valence-electron chi connectivity index (χ4n) is 6.02. The highest BCUT2D eigenvalue weighted by molar-refractivity contribution is 5.61. The van der Waals surface area contributed by atoms with Crippen LogP contribution < -0.4 is 0 Å². The molecule has 4 atom stereocenters. The predicted octanol–water partition coefficient (Wildman–Crippen LogP) is 3.27. The minimum absolute atomic E-state index is 0.0641. The van der Waals surface area contributed by atoms with Crippen LogP contribution in [0.3, 0.4) is 0 Å². The topological polar surface area (TPSA) is 38.7 Å². The molecule has 1 saturated carbocycles. The van der Waals surface area contributed by atoms with Gasteiger partial charge in [0.05, 0.1) is 13.2 Å². The van der Waals surface area contributed by atoms with Crippen molar-refractivity contribution in [2.75, 3.05) is 13.2 Å². The Balaban J connectivity index is 1.64. The highest BCUT2D eigenvalue weighted by Gasteiger charge is 2.68. The summed E-state index contributed by atoms with van der Waals surface area (Å²) >= 11 is 0. The Kier molecular flexibility index (Phi) is 2.43. The SMILES string of the molecule is OC12c3ccccc3C3CCC4(OCCO4)C3C1c1ccccc12. The van der Waals surface area contributed by atoms with Gasteiger partial charge in [0.15, 0.2) is 5.79 Å². The first-order chi connectivity index (χ1) is 11.8. The van der Waals surface area contributed by atoms with Crippen LogP contribution in [-0.4, -0.2) is 24.1 Å². The van der Waals surface area contributed by atoms with Crippen molar-refractivity contribution >= 4 is 0 Å². The minimum Gasteiger partial charge on any atom is -0.380 e. The molecule has 4 unspecified atom stereocenters. The van der Waals surface area contributed by atoms with E-state index >= 15 is 0 Å². The average molecular weight is 320 g/mol. The standard InChI is InChI=1S/C21H20O3/c22-21-16-7-3-1-5-13(16)14-9-10-20(23-11-12-24-20)18(14)19(21)15-6-2-4-8-17(15)21/h1-8,14,18-19,22H,9-12H2. The Morgan fingerprint density at radius 2 is 1.50 bits per heavy atom. The molecule has 3 heteroatoms. The highest BCUT2D eigenvalue weighted by Crippen LogP contribution is 2.70. The van der Waals surface area contributed by atoms with Gasteiger partial charge >= 0.3 is 0 Å². The number of hydrogen-bond donors (Lipinski definition) is 1. The van der Waals surface area contributed by atoms with Crippen LogP contribution in [-0.2, 0) is 15.1 Å². The lowest BCUT2D eigenvalue weighted by atomic mass is 9.50. The summed E-state index contributed by atoms with van der Waals surface area (Å²) in [7, 11) is 0. The van der Waals surface area contributed by atoms with Gasteiger partial charge in [0, 0.05) is 18.3 Å². The highest BCUT2D eigenvalue weighted by atomic mass is 16.7. The van der Waals surface area contributed by atoms with E-state index < -0.39 is 11.4 Å². The van der Waals surface area contributed by atoms with Gasteiger partial charge < -0.3 is 14.6 Å². The zero-order valence-electron chi connectivity index (χ0n) is 13.4. The summed E-state index contributed by atoms with van der Waals surface area (Å²) in [5, 5.41) is 11.8. The van der Waals surface area contributed by atoms with E-state index in [1.165, 1.54) is 11.1 Å². The van der Waals surface area contributed by atoms with E-state index in [1.807, 2.05) is 12.1 Å². The number of fused-ring (bicyclic) bond motifs is 10. The first-order valence-corrected chi connectivity index (χ1v) is 8.95. The Hall–Kier alpha value is -1.68. The minimum atomic E-state index is -0.902. The molecule has 2 fully saturated rings. The molecule has 1 N–H and O–H groups in total. The first-order valence-electron chi connectivity index (χ1n) is 8.95. The van der Waals surface area contributed by atoms with Gasteiger partial charge in [-0.05, 0) is 34.6 Å². The summed E-state index contributed by atoms with van der Waals surface area (Å²) in [6.45, 7) is 1.33. The monoisotopic (exact) mass is 320 g/mol. The molecule has 3 nitrogen and oxygen atoms in total. The Morgan fingerprint density at radius 1 is 0.875 bits per heavy atom.